The number of hydrogen-bond acceptors (Lipinski definition) is 8. The Kier molecular flexibility index (Phi) is 6.62. The van der Waals surface area contributed by atoms with Gasteiger partial charge < -0.3 is 20.3 Å². The normalized spacial score (nSPS) is 16.9. The molecule has 3 aromatic heterocycles. The van der Waals surface area contributed by atoms with Gasteiger partial charge in [-0.15, -0.1) is 0 Å². The highest BCUT2D eigenvalue weighted by molar-refractivity contribution is 5.90. The average molecular weight is 425 g/mol. The van der Waals surface area contributed by atoms with Crippen LogP contribution in [0.15, 0.2) is 24.4 Å². The van der Waals surface area contributed by atoms with Crippen LogP contribution in [0, 0.1) is 0 Å². The van der Waals surface area contributed by atoms with Crippen molar-refractivity contribution in [2.45, 2.75) is 46.2 Å². The van der Waals surface area contributed by atoms with E-state index in [1.165, 1.54) is 0 Å². The summed E-state index contributed by atoms with van der Waals surface area (Å²) in [5, 5.41) is 11.8. The summed E-state index contributed by atoms with van der Waals surface area (Å²) in [6.45, 7) is 13.0. The Bertz CT molecular complexity index is 1000. The number of piperazine rings is 1. The van der Waals surface area contributed by atoms with Gasteiger partial charge in [-0.05, 0) is 31.9 Å². The minimum absolute atomic E-state index is 0.239. The maximum atomic E-state index is 5.60. The standard InChI is InChI=1S/C22H32N8O/c1-5-31-13-12-30-20-19(18(28-30)15(2)3)26-22(29-11-10-23-16(4)14-29)27-21(20)25-17-8-6-7-9-24-17/h6-9,15-16,23H,5,10-14H2,1-4H3,(H,24,25,26,27)/t16-/m0/s1. The van der Waals surface area contributed by atoms with Gasteiger partial charge in [0.1, 0.15) is 16.9 Å². The van der Waals surface area contributed by atoms with Crippen molar-refractivity contribution in [3.05, 3.63) is 30.1 Å². The summed E-state index contributed by atoms with van der Waals surface area (Å²) < 4.78 is 7.56. The Morgan fingerprint density at radius 1 is 1.29 bits per heavy atom. The van der Waals surface area contributed by atoms with Crippen molar-refractivity contribution in [3.8, 4) is 0 Å². The predicted molar refractivity (Wildman–Crippen MR) is 123 cm³/mol. The number of ether oxygens (including phenoxy) is 1. The largest absolute Gasteiger partial charge is 0.380 e. The van der Waals surface area contributed by atoms with Crippen LogP contribution in [0.1, 0.15) is 39.3 Å². The molecule has 9 nitrogen and oxygen atoms in total. The third-order valence-corrected chi connectivity index (χ3v) is 5.36. The second-order valence-electron chi connectivity index (χ2n) is 8.17. The minimum Gasteiger partial charge on any atom is -0.380 e. The van der Waals surface area contributed by atoms with Crippen molar-refractivity contribution in [3.63, 3.8) is 0 Å². The monoisotopic (exact) mass is 424 g/mol. The van der Waals surface area contributed by atoms with E-state index in [-0.39, 0.29) is 5.92 Å². The van der Waals surface area contributed by atoms with Gasteiger partial charge in [0.25, 0.3) is 0 Å². The summed E-state index contributed by atoms with van der Waals surface area (Å²) in [4.78, 5) is 16.6. The first-order valence-electron chi connectivity index (χ1n) is 11.1. The molecule has 1 fully saturated rings. The summed E-state index contributed by atoms with van der Waals surface area (Å²) in [7, 11) is 0. The summed E-state index contributed by atoms with van der Waals surface area (Å²) in [6.07, 6.45) is 1.77. The predicted octanol–water partition coefficient (Wildman–Crippen LogP) is 2.92. The average Bonchev–Trinajstić information content (AvgIpc) is 3.14. The van der Waals surface area contributed by atoms with Crippen LogP contribution in [0.2, 0.25) is 0 Å². The Hall–Kier alpha value is -2.78. The van der Waals surface area contributed by atoms with Crippen LogP contribution in [0.25, 0.3) is 11.0 Å². The zero-order valence-corrected chi connectivity index (χ0v) is 18.8. The summed E-state index contributed by atoms with van der Waals surface area (Å²) >= 11 is 0. The van der Waals surface area contributed by atoms with Crippen molar-refractivity contribution in [1.29, 1.82) is 0 Å². The molecule has 31 heavy (non-hydrogen) atoms. The number of nitrogens with one attached hydrogen (secondary N) is 2. The molecule has 0 unspecified atom stereocenters. The van der Waals surface area contributed by atoms with E-state index in [2.05, 4.69) is 41.3 Å². The van der Waals surface area contributed by atoms with Gasteiger partial charge in [-0.25, -0.2) is 9.97 Å². The smallest absolute Gasteiger partial charge is 0.228 e. The molecule has 0 bridgehead atoms. The Morgan fingerprint density at radius 2 is 2.16 bits per heavy atom. The van der Waals surface area contributed by atoms with Crippen molar-refractivity contribution in [2.24, 2.45) is 0 Å². The molecular weight excluding hydrogens is 392 g/mol. The fraction of sp³-hybridized carbons (Fsp3) is 0.545. The molecule has 4 rings (SSSR count). The molecule has 166 valence electrons. The summed E-state index contributed by atoms with van der Waals surface area (Å²) in [6, 6.07) is 6.18. The van der Waals surface area contributed by atoms with Crippen molar-refractivity contribution < 1.29 is 4.74 Å². The molecule has 9 heteroatoms. The molecule has 0 amide bonds. The van der Waals surface area contributed by atoms with E-state index in [1.807, 2.05) is 29.8 Å². The molecule has 0 spiro atoms. The number of hydrogen-bond donors (Lipinski definition) is 2. The molecule has 0 radical (unpaired) electrons. The highest BCUT2D eigenvalue weighted by Crippen LogP contribution is 2.31. The molecule has 1 aliphatic rings. The zero-order valence-electron chi connectivity index (χ0n) is 18.8. The molecule has 0 aliphatic carbocycles. The quantitative estimate of drug-likeness (QED) is 0.533. The van der Waals surface area contributed by atoms with E-state index in [0.717, 1.165) is 53.9 Å². The first kappa shape index (κ1) is 21.5. The Morgan fingerprint density at radius 3 is 2.87 bits per heavy atom. The summed E-state index contributed by atoms with van der Waals surface area (Å²) in [5.41, 5.74) is 2.75. The number of nitrogens with zero attached hydrogens (tertiary/aromatic N) is 6. The molecule has 1 atom stereocenters. The SMILES string of the molecule is CCOCCn1nc(C(C)C)c2nc(N3CCN[C@@H](C)C3)nc(Nc3ccccn3)c21. The van der Waals surface area contributed by atoms with E-state index < -0.39 is 0 Å². The van der Waals surface area contributed by atoms with Crippen molar-refractivity contribution in [2.75, 3.05) is 43.1 Å². The third kappa shape index (κ3) is 4.77. The molecule has 4 heterocycles. The lowest BCUT2D eigenvalue weighted by molar-refractivity contribution is 0.137. The number of pyridine rings is 1. The topological polar surface area (TPSA) is 93.0 Å². The van der Waals surface area contributed by atoms with Gasteiger partial charge in [-0.3, -0.25) is 4.68 Å². The number of anilines is 3. The first-order chi connectivity index (χ1) is 15.1. The highest BCUT2D eigenvalue weighted by Gasteiger charge is 2.24. The minimum atomic E-state index is 0.239. The van der Waals surface area contributed by atoms with Crippen LogP contribution >= 0.6 is 0 Å². The second-order valence-corrected chi connectivity index (χ2v) is 8.17. The lowest BCUT2D eigenvalue weighted by Crippen LogP contribution is -2.49. The van der Waals surface area contributed by atoms with E-state index in [1.54, 1.807) is 6.20 Å². The van der Waals surface area contributed by atoms with E-state index in [0.29, 0.717) is 25.8 Å². The van der Waals surface area contributed by atoms with Gasteiger partial charge >= 0.3 is 0 Å². The number of rotatable bonds is 8. The Labute approximate surface area is 183 Å². The van der Waals surface area contributed by atoms with Gasteiger partial charge in [0.2, 0.25) is 5.95 Å². The summed E-state index contributed by atoms with van der Waals surface area (Å²) in [5.74, 6) is 2.43. The van der Waals surface area contributed by atoms with Crippen molar-refractivity contribution in [1.82, 2.24) is 30.0 Å². The van der Waals surface area contributed by atoms with E-state index in [4.69, 9.17) is 19.8 Å². The van der Waals surface area contributed by atoms with Gasteiger partial charge in [0, 0.05) is 38.5 Å². The second kappa shape index (κ2) is 9.57. The molecule has 0 aromatic carbocycles. The lowest BCUT2D eigenvalue weighted by atomic mass is 10.1. The van der Waals surface area contributed by atoms with E-state index in [9.17, 15) is 0 Å². The van der Waals surface area contributed by atoms with Gasteiger partial charge in [0.05, 0.1) is 18.8 Å². The fourth-order valence-corrected chi connectivity index (χ4v) is 3.84. The molecular formula is C22H32N8O. The molecule has 0 saturated carbocycles. The van der Waals surface area contributed by atoms with Gasteiger partial charge in [-0.2, -0.15) is 10.1 Å². The van der Waals surface area contributed by atoms with Crippen LogP contribution in [-0.2, 0) is 11.3 Å². The maximum absolute atomic E-state index is 5.60. The molecule has 3 aromatic rings. The van der Waals surface area contributed by atoms with Gasteiger partial charge in [0.15, 0.2) is 5.82 Å². The molecule has 2 N–H and O–H groups in total. The maximum Gasteiger partial charge on any atom is 0.228 e. The van der Waals surface area contributed by atoms with Gasteiger partial charge in [-0.1, -0.05) is 19.9 Å². The third-order valence-electron chi connectivity index (χ3n) is 5.36. The fourth-order valence-electron chi connectivity index (χ4n) is 3.84. The highest BCUT2D eigenvalue weighted by atomic mass is 16.5. The Balaban J connectivity index is 1.84. The number of aromatic nitrogens is 5. The van der Waals surface area contributed by atoms with E-state index >= 15 is 0 Å². The van der Waals surface area contributed by atoms with Crippen LogP contribution < -0.4 is 15.5 Å². The number of fused-ring (bicyclic) bond motifs is 1. The zero-order chi connectivity index (χ0) is 21.8. The molecule has 1 aliphatic heterocycles. The van der Waals surface area contributed by atoms with Crippen molar-refractivity contribution >= 4 is 28.6 Å². The van der Waals surface area contributed by atoms with Crippen LogP contribution in [0.5, 0.6) is 0 Å². The molecule has 1 saturated heterocycles. The first-order valence-corrected chi connectivity index (χ1v) is 11.1. The lowest BCUT2D eigenvalue weighted by Gasteiger charge is -2.32. The van der Waals surface area contributed by atoms with Crippen LogP contribution in [0.4, 0.5) is 17.6 Å². The van der Waals surface area contributed by atoms with Crippen LogP contribution in [-0.4, -0.2) is 63.6 Å². The van der Waals surface area contributed by atoms with Crippen LogP contribution in [0.3, 0.4) is 0 Å².